The summed E-state index contributed by atoms with van der Waals surface area (Å²) < 4.78 is 1.20. The molecule has 0 amide bonds. The quantitative estimate of drug-likeness (QED) is 0.576. The number of H-pyrrole nitrogens is 1. The molecule has 0 fully saturated rings. The molecule has 7 heteroatoms. The summed E-state index contributed by atoms with van der Waals surface area (Å²) in [6.45, 7) is 1.54. The fourth-order valence-corrected chi connectivity index (χ4v) is 1.42. The summed E-state index contributed by atoms with van der Waals surface area (Å²) in [5.74, 6) is 0.156. The number of nitrogen functional groups attached to an aromatic ring is 1. The van der Waals surface area contributed by atoms with Crippen LogP contribution in [0.3, 0.4) is 0 Å². The van der Waals surface area contributed by atoms with E-state index in [1.54, 1.807) is 0 Å². The number of nitrogens with zero attached hydrogens (tertiary/aromatic N) is 2. The van der Waals surface area contributed by atoms with Gasteiger partial charge in [0, 0.05) is 13.6 Å². The van der Waals surface area contributed by atoms with Crippen LogP contribution in [0.25, 0.3) is 0 Å². The van der Waals surface area contributed by atoms with E-state index >= 15 is 0 Å². The molecule has 4 N–H and O–H groups in total. The van der Waals surface area contributed by atoms with Gasteiger partial charge in [-0.2, -0.15) is 0 Å². The van der Waals surface area contributed by atoms with Gasteiger partial charge >= 0.3 is 5.69 Å². The summed E-state index contributed by atoms with van der Waals surface area (Å²) in [5.41, 5.74) is 4.97. The Labute approximate surface area is 99.2 Å². The zero-order valence-corrected chi connectivity index (χ0v) is 10.4. The number of aromatic amines is 1. The third-order valence-corrected chi connectivity index (χ3v) is 2.45. The van der Waals surface area contributed by atoms with Gasteiger partial charge in [-0.3, -0.25) is 14.3 Å². The number of anilines is 2. The van der Waals surface area contributed by atoms with Crippen molar-refractivity contribution in [2.24, 2.45) is 7.05 Å². The van der Waals surface area contributed by atoms with Gasteiger partial charge < -0.3 is 16.0 Å². The van der Waals surface area contributed by atoms with E-state index in [0.717, 1.165) is 13.0 Å². The van der Waals surface area contributed by atoms with Crippen LogP contribution >= 0.6 is 0 Å². The molecular weight excluding hydrogens is 222 g/mol. The Balaban J connectivity index is 2.75. The topological polar surface area (TPSA) is 96.2 Å². The van der Waals surface area contributed by atoms with E-state index in [1.165, 1.54) is 11.6 Å². The number of rotatable bonds is 5. The molecule has 0 aromatic carbocycles. The highest BCUT2D eigenvalue weighted by Crippen LogP contribution is 2.07. The van der Waals surface area contributed by atoms with Crippen LogP contribution in [0.1, 0.15) is 6.42 Å². The van der Waals surface area contributed by atoms with E-state index in [0.29, 0.717) is 6.54 Å². The van der Waals surface area contributed by atoms with Gasteiger partial charge in [-0.05, 0) is 27.1 Å². The number of hydrogen-bond donors (Lipinski definition) is 3. The second-order valence-corrected chi connectivity index (χ2v) is 4.16. The molecule has 1 heterocycles. The lowest BCUT2D eigenvalue weighted by Gasteiger charge is -2.12. The molecule has 1 aromatic rings. The molecule has 96 valence electrons. The molecule has 17 heavy (non-hydrogen) atoms. The highest BCUT2D eigenvalue weighted by atomic mass is 16.2. The van der Waals surface area contributed by atoms with Gasteiger partial charge in [-0.25, -0.2) is 4.79 Å². The van der Waals surface area contributed by atoms with Crippen LogP contribution < -0.4 is 22.3 Å². The molecule has 0 aliphatic heterocycles. The molecule has 0 spiro atoms. The van der Waals surface area contributed by atoms with Crippen molar-refractivity contribution in [3.05, 3.63) is 20.8 Å². The lowest BCUT2D eigenvalue weighted by atomic mass is 10.3. The summed E-state index contributed by atoms with van der Waals surface area (Å²) in [6, 6.07) is 0. The maximum Gasteiger partial charge on any atom is 0.329 e. The minimum absolute atomic E-state index is 0.156. The van der Waals surface area contributed by atoms with Crippen LogP contribution in [0, 0.1) is 0 Å². The van der Waals surface area contributed by atoms with Crippen molar-refractivity contribution >= 4 is 11.5 Å². The number of nitrogens with two attached hydrogens (primary N) is 1. The fourth-order valence-electron chi connectivity index (χ4n) is 1.42. The van der Waals surface area contributed by atoms with Crippen LogP contribution in [-0.2, 0) is 7.05 Å². The summed E-state index contributed by atoms with van der Waals surface area (Å²) in [4.78, 5) is 27.0. The summed E-state index contributed by atoms with van der Waals surface area (Å²) in [6.07, 6.45) is 0.884. The third kappa shape index (κ3) is 3.35. The van der Waals surface area contributed by atoms with Crippen molar-refractivity contribution in [3.63, 3.8) is 0 Å². The molecule has 0 aliphatic rings. The standard InChI is InChI=1S/C10H19N5O2/c1-14(2)6-4-5-12-7-8(11)15(3)10(17)13-9(7)16/h12H,4-6,11H2,1-3H3,(H,13,16,17). The van der Waals surface area contributed by atoms with Gasteiger partial charge in [0.15, 0.2) is 0 Å². The Bertz CT molecular complexity index is 488. The van der Waals surface area contributed by atoms with Crippen LogP contribution in [-0.4, -0.2) is 41.6 Å². The molecule has 0 bridgehead atoms. The maximum absolute atomic E-state index is 11.5. The minimum atomic E-state index is -0.508. The first-order valence-corrected chi connectivity index (χ1v) is 5.41. The Kier molecular flexibility index (Phi) is 4.33. The van der Waals surface area contributed by atoms with Crippen molar-refractivity contribution < 1.29 is 0 Å². The minimum Gasteiger partial charge on any atom is -0.383 e. The van der Waals surface area contributed by atoms with Crippen molar-refractivity contribution in [2.75, 3.05) is 38.2 Å². The molecule has 7 nitrogen and oxygen atoms in total. The molecule has 1 aromatic heterocycles. The molecule has 0 saturated carbocycles. The molecule has 0 radical (unpaired) electrons. The van der Waals surface area contributed by atoms with Gasteiger partial charge in [0.05, 0.1) is 0 Å². The zero-order valence-electron chi connectivity index (χ0n) is 10.4. The molecular formula is C10H19N5O2. The van der Waals surface area contributed by atoms with Crippen LogP contribution in [0.4, 0.5) is 11.5 Å². The highest BCUT2D eigenvalue weighted by Gasteiger charge is 2.08. The number of aromatic nitrogens is 2. The summed E-state index contributed by atoms with van der Waals surface area (Å²) >= 11 is 0. The first kappa shape index (κ1) is 13.3. The average molecular weight is 241 g/mol. The predicted octanol–water partition coefficient (Wildman–Crippen LogP) is -0.981. The Hall–Kier alpha value is -1.76. The second kappa shape index (κ2) is 5.53. The smallest absolute Gasteiger partial charge is 0.329 e. The monoisotopic (exact) mass is 241 g/mol. The summed E-state index contributed by atoms with van der Waals surface area (Å²) in [5, 5.41) is 2.95. The molecule has 0 atom stereocenters. The van der Waals surface area contributed by atoms with Gasteiger partial charge in [-0.1, -0.05) is 0 Å². The first-order valence-electron chi connectivity index (χ1n) is 5.41. The van der Waals surface area contributed by atoms with E-state index in [2.05, 4.69) is 15.2 Å². The summed E-state index contributed by atoms with van der Waals surface area (Å²) in [7, 11) is 5.47. The normalized spacial score (nSPS) is 10.8. The van der Waals surface area contributed by atoms with E-state index in [9.17, 15) is 9.59 Å². The predicted molar refractivity (Wildman–Crippen MR) is 68.4 cm³/mol. The van der Waals surface area contributed by atoms with Crippen molar-refractivity contribution in [2.45, 2.75) is 6.42 Å². The Morgan fingerprint density at radius 3 is 2.65 bits per heavy atom. The molecule has 0 aliphatic carbocycles. The number of hydrogen-bond acceptors (Lipinski definition) is 5. The van der Waals surface area contributed by atoms with E-state index in [-0.39, 0.29) is 11.5 Å². The van der Waals surface area contributed by atoms with Gasteiger partial charge in [0.2, 0.25) is 0 Å². The largest absolute Gasteiger partial charge is 0.383 e. The van der Waals surface area contributed by atoms with Gasteiger partial charge in [-0.15, -0.1) is 0 Å². The lowest BCUT2D eigenvalue weighted by molar-refractivity contribution is 0.405. The SMILES string of the molecule is CN(C)CCCNc1c(N)n(C)c(=O)[nH]c1=O. The lowest BCUT2D eigenvalue weighted by Crippen LogP contribution is -2.32. The van der Waals surface area contributed by atoms with E-state index in [4.69, 9.17) is 5.73 Å². The van der Waals surface area contributed by atoms with Crippen molar-refractivity contribution in [3.8, 4) is 0 Å². The number of nitrogens with one attached hydrogen (secondary N) is 2. The van der Waals surface area contributed by atoms with Crippen LogP contribution in [0.15, 0.2) is 9.59 Å². The van der Waals surface area contributed by atoms with Crippen molar-refractivity contribution in [1.29, 1.82) is 0 Å². The fraction of sp³-hybridized carbons (Fsp3) is 0.600. The van der Waals surface area contributed by atoms with Crippen LogP contribution in [0.2, 0.25) is 0 Å². The van der Waals surface area contributed by atoms with E-state index in [1.807, 2.05) is 14.1 Å². The Morgan fingerprint density at radius 2 is 2.06 bits per heavy atom. The Morgan fingerprint density at radius 1 is 1.41 bits per heavy atom. The maximum atomic E-state index is 11.5. The average Bonchev–Trinajstić information content (AvgIpc) is 2.24. The zero-order chi connectivity index (χ0) is 13.0. The highest BCUT2D eigenvalue weighted by molar-refractivity contribution is 5.60. The first-order chi connectivity index (χ1) is 7.93. The molecule has 0 saturated heterocycles. The van der Waals surface area contributed by atoms with Crippen LogP contribution in [0.5, 0.6) is 0 Å². The van der Waals surface area contributed by atoms with Gasteiger partial charge in [0.1, 0.15) is 11.5 Å². The third-order valence-electron chi connectivity index (χ3n) is 2.45. The molecule has 1 rings (SSSR count). The molecule has 0 unspecified atom stereocenters. The van der Waals surface area contributed by atoms with Crippen molar-refractivity contribution in [1.82, 2.24) is 14.5 Å². The van der Waals surface area contributed by atoms with Gasteiger partial charge in [0.25, 0.3) is 5.56 Å². The second-order valence-electron chi connectivity index (χ2n) is 4.16. The van der Waals surface area contributed by atoms with E-state index < -0.39 is 11.2 Å².